The molecule has 0 saturated carbocycles. The Balaban J connectivity index is 1.54. The summed E-state index contributed by atoms with van der Waals surface area (Å²) in [5.74, 6) is 0.175. The lowest BCUT2D eigenvalue weighted by atomic mass is 9.87. The Bertz CT molecular complexity index is 1160. The van der Waals surface area contributed by atoms with Crippen molar-refractivity contribution in [2.24, 2.45) is 0 Å². The molecule has 6 heteroatoms. The molecule has 1 aliphatic heterocycles. The molecule has 0 fully saturated rings. The fourth-order valence-corrected chi connectivity index (χ4v) is 4.52. The number of benzene rings is 3. The summed E-state index contributed by atoms with van der Waals surface area (Å²) in [6, 6.07) is 21.8. The van der Waals surface area contributed by atoms with Crippen LogP contribution in [0, 0.1) is 5.82 Å². The van der Waals surface area contributed by atoms with E-state index >= 15 is 0 Å². The van der Waals surface area contributed by atoms with E-state index in [0.29, 0.717) is 31.7 Å². The topological polar surface area (TPSA) is 58.6 Å². The van der Waals surface area contributed by atoms with Crippen molar-refractivity contribution in [3.05, 3.63) is 101 Å². The lowest BCUT2D eigenvalue weighted by molar-refractivity contribution is -0.133. The van der Waals surface area contributed by atoms with Crippen molar-refractivity contribution in [1.82, 2.24) is 10.2 Å². The first-order valence-electron chi connectivity index (χ1n) is 12.2. The summed E-state index contributed by atoms with van der Waals surface area (Å²) in [5, 5.41) is 2.88. The first kappa shape index (κ1) is 24.5. The minimum Gasteiger partial charge on any atom is -0.481 e. The molecule has 2 atom stereocenters. The molecule has 35 heavy (non-hydrogen) atoms. The van der Waals surface area contributed by atoms with Crippen LogP contribution < -0.4 is 10.1 Å². The van der Waals surface area contributed by atoms with E-state index in [2.05, 4.69) is 5.32 Å². The van der Waals surface area contributed by atoms with Crippen molar-refractivity contribution in [3.8, 4) is 5.75 Å². The van der Waals surface area contributed by atoms with Gasteiger partial charge < -0.3 is 15.0 Å². The number of rotatable bonds is 8. The van der Waals surface area contributed by atoms with Crippen LogP contribution in [-0.2, 0) is 22.6 Å². The summed E-state index contributed by atoms with van der Waals surface area (Å²) in [4.78, 5) is 27.5. The largest absolute Gasteiger partial charge is 0.481 e. The first-order chi connectivity index (χ1) is 17.0. The maximum absolute atomic E-state index is 13.1. The lowest BCUT2D eigenvalue weighted by Crippen LogP contribution is -2.40. The zero-order valence-electron chi connectivity index (χ0n) is 20.2. The van der Waals surface area contributed by atoms with Gasteiger partial charge in [0.2, 0.25) is 5.91 Å². The number of fused-ring (bicyclic) bond motifs is 1. The quantitative estimate of drug-likeness (QED) is 0.489. The molecular formula is C29H31FN2O3. The highest BCUT2D eigenvalue weighted by Crippen LogP contribution is 2.37. The predicted molar refractivity (Wildman–Crippen MR) is 133 cm³/mol. The highest BCUT2D eigenvalue weighted by Gasteiger charge is 2.32. The second-order valence-corrected chi connectivity index (χ2v) is 8.72. The standard InChI is InChI=1S/C29H31FN2O3/c1-3-26(29(34)31-19-20-10-13-23(30)14-11-20)35-24-15-12-21-16-17-32(27(33)4-2)28(25(21)18-24)22-8-6-5-7-9-22/h5-15,18,26,28H,3-4,16-17,19H2,1-2H3,(H,31,34)/t26-,28+/m1/s1. The van der Waals surface area contributed by atoms with E-state index in [1.54, 1.807) is 12.1 Å². The van der Waals surface area contributed by atoms with Gasteiger partial charge in [0.25, 0.3) is 5.91 Å². The van der Waals surface area contributed by atoms with E-state index < -0.39 is 6.10 Å². The number of ether oxygens (including phenoxy) is 1. The molecule has 5 nitrogen and oxygen atoms in total. The first-order valence-corrected chi connectivity index (χ1v) is 12.2. The van der Waals surface area contributed by atoms with Gasteiger partial charge >= 0.3 is 0 Å². The monoisotopic (exact) mass is 474 g/mol. The smallest absolute Gasteiger partial charge is 0.261 e. The average molecular weight is 475 g/mol. The molecule has 4 rings (SSSR count). The van der Waals surface area contributed by atoms with E-state index in [9.17, 15) is 14.0 Å². The van der Waals surface area contributed by atoms with E-state index in [0.717, 1.165) is 23.1 Å². The van der Waals surface area contributed by atoms with Crippen LogP contribution in [-0.4, -0.2) is 29.4 Å². The van der Waals surface area contributed by atoms with E-state index in [4.69, 9.17) is 4.74 Å². The van der Waals surface area contributed by atoms with Gasteiger partial charge in [-0.05, 0) is 59.4 Å². The summed E-state index contributed by atoms with van der Waals surface area (Å²) < 4.78 is 19.3. The molecular weight excluding hydrogens is 443 g/mol. The van der Waals surface area contributed by atoms with Crippen LogP contribution >= 0.6 is 0 Å². The second-order valence-electron chi connectivity index (χ2n) is 8.72. The van der Waals surface area contributed by atoms with Gasteiger partial charge in [-0.15, -0.1) is 0 Å². The third-order valence-corrected chi connectivity index (χ3v) is 6.41. The molecule has 0 aliphatic carbocycles. The van der Waals surface area contributed by atoms with Crippen LogP contribution in [0.15, 0.2) is 72.8 Å². The number of hydrogen-bond acceptors (Lipinski definition) is 3. The van der Waals surface area contributed by atoms with E-state index in [1.807, 2.05) is 67.3 Å². The van der Waals surface area contributed by atoms with Crippen molar-refractivity contribution in [1.29, 1.82) is 0 Å². The molecule has 1 aliphatic rings. The maximum atomic E-state index is 13.1. The van der Waals surface area contributed by atoms with Gasteiger partial charge in [-0.25, -0.2) is 4.39 Å². The van der Waals surface area contributed by atoms with E-state index in [1.165, 1.54) is 17.7 Å². The molecule has 0 aromatic heterocycles. The number of carbonyl (C=O) groups is 2. The predicted octanol–water partition coefficient (Wildman–Crippen LogP) is 5.18. The fourth-order valence-electron chi connectivity index (χ4n) is 4.52. The highest BCUT2D eigenvalue weighted by molar-refractivity contribution is 5.81. The number of nitrogens with zero attached hydrogens (tertiary/aromatic N) is 1. The fraction of sp³-hybridized carbons (Fsp3) is 0.310. The van der Waals surface area contributed by atoms with Gasteiger partial charge in [0.05, 0.1) is 6.04 Å². The Hall–Kier alpha value is -3.67. The molecule has 0 bridgehead atoms. The summed E-state index contributed by atoms with van der Waals surface area (Å²) in [6.45, 7) is 4.75. The maximum Gasteiger partial charge on any atom is 0.261 e. The van der Waals surface area contributed by atoms with Crippen molar-refractivity contribution in [3.63, 3.8) is 0 Å². The lowest BCUT2D eigenvalue weighted by Gasteiger charge is -2.38. The second kappa shape index (κ2) is 11.2. The number of amides is 2. The molecule has 3 aromatic carbocycles. The van der Waals surface area contributed by atoms with Gasteiger partial charge in [-0.2, -0.15) is 0 Å². The van der Waals surface area contributed by atoms with Crippen molar-refractivity contribution in [2.45, 2.75) is 51.8 Å². The minimum absolute atomic E-state index is 0.113. The molecule has 0 saturated heterocycles. The minimum atomic E-state index is -0.666. The summed E-state index contributed by atoms with van der Waals surface area (Å²) in [7, 11) is 0. The SMILES string of the molecule is CCC(=O)N1CCc2ccc(O[C@H](CC)C(=O)NCc3ccc(F)cc3)cc2[C@@H]1c1ccccc1. The van der Waals surface area contributed by atoms with Gasteiger partial charge in [-0.3, -0.25) is 9.59 Å². The van der Waals surface area contributed by atoms with Gasteiger partial charge in [-0.1, -0.05) is 62.4 Å². The Morgan fingerprint density at radius 3 is 2.49 bits per heavy atom. The summed E-state index contributed by atoms with van der Waals surface area (Å²) in [6.07, 6.45) is 1.05. The zero-order chi connectivity index (χ0) is 24.8. The highest BCUT2D eigenvalue weighted by atomic mass is 19.1. The normalized spacial score (nSPS) is 15.7. The molecule has 1 N–H and O–H groups in total. The molecule has 0 spiro atoms. The van der Waals surface area contributed by atoms with Crippen LogP contribution in [0.25, 0.3) is 0 Å². The Morgan fingerprint density at radius 2 is 1.80 bits per heavy atom. The molecule has 0 radical (unpaired) electrons. The van der Waals surface area contributed by atoms with Gasteiger partial charge in [0.1, 0.15) is 11.6 Å². The molecule has 0 unspecified atom stereocenters. The van der Waals surface area contributed by atoms with Gasteiger partial charge in [0, 0.05) is 19.5 Å². The summed E-state index contributed by atoms with van der Waals surface area (Å²) >= 11 is 0. The third-order valence-electron chi connectivity index (χ3n) is 6.41. The van der Waals surface area contributed by atoms with Crippen molar-refractivity contribution >= 4 is 11.8 Å². The third kappa shape index (κ3) is 5.70. The van der Waals surface area contributed by atoms with E-state index in [-0.39, 0.29) is 23.7 Å². The summed E-state index contributed by atoms with van der Waals surface area (Å²) in [5.41, 5.74) is 4.08. The van der Waals surface area contributed by atoms with Crippen LogP contribution in [0.1, 0.15) is 55.0 Å². The number of halogens is 1. The van der Waals surface area contributed by atoms with Crippen molar-refractivity contribution < 1.29 is 18.7 Å². The van der Waals surface area contributed by atoms with Crippen LogP contribution in [0.3, 0.4) is 0 Å². The zero-order valence-corrected chi connectivity index (χ0v) is 20.2. The molecule has 3 aromatic rings. The molecule has 2 amide bonds. The Morgan fingerprint density at radius 1 is 1.06 bits per heavy atom. The molecule has 1 heterocycles. The van der Waals surface area contributed by atoms with Crippen molar-refractivity contribution in [2.75, 3.05) is 6.54 Å². The Labute approximate surface area is 205 Å². The van der Waals surface area contributed by atoms with Crippen LogP contribution in [0.5, 0.6) is 5.75 Å². The van der Waals surface area contributed by atoms with Crippen LogP contribution in [0.2, 0.25) is 0 Å². The molecule has 182 valence electrons. The number of carbonyl (C=O) groups excluding carboxylic acids is 2. The van der Waals surface area contributed by atoms with Crippen LogP contribution in [0.4, 0.5) is 4.39 Å². The average Bonchev–Trinajstić information content (AvgIpc) is 2.90. The number of nitrogens with one attached hydrogen (secondary N) is 1. The number of hydrogen-bond donors (Lipinski definition) is 1. The Kier molecular flexibility index (Phi) is 7.80. The van der Waals surface area contributed by atoms with Gasteiger partial charge in [0.15, 0.2) is 6.10 Å².